The van der Waals surface area contributed by atoms with E-state index in [9.17, 15) is 8.42 Å². The van der Waals surface area contributed by atoms with Crippen LogP contribution < -0.4 is 10.5 Å². The second-order valence-corrected chi connectivity index (χ2v) is 6.62. The topological polar surface area (TPSA) is 72.2 Å². The van der Waals surface area contributed by atoms with E-state index in [-0.39, 0.29) is 12.3 Å². The number of aryl methyl sites for hydroxylation is 1. The summed E-state index contributed by atoms with van der Waals surface area (Å²) in [5, 5.41) is 0. The van der Waals surface area contributed by atoms with Crippen LogP contribution in [0.3, 0.4) is 0 Å². The van der Waals surface area contributed by atoms with Crippen LogP contribution in [0.15, 0.2) is 48.5 Å². The van der Waals surface area contributed by atoms with Gasteiger partial charge in [-0.05, 0) is 30.2 Å². The van der Waals surface area contributed by atoms with Crippen molar-refractivity contribution < 1.29 is 8.42 Å². The lowest BCUT2D eigenvalue weighted by Crippen LogP contribution is -2.24. The van der Waals surface area contributed by atoms with E-state index >= 15 is 0 Å². The molecule has 2 aromatic rings. The van der Waals surface area contributed by atoms with Crippen LogP contribution in [0.4, 0.5) is 5.69 Å². The normalized spacial score (nSPS) is 11.4. The third-order valence-corrected chi connectivity index (χ3v) is 4.18. The molecule has 2 rings (SSSR count). The molecule has 0 aliphatic heterocycles. The molecule has 2 aromatic carbocycles. The van der Waals surface area contributed by atoms with Gasteiger partial charge in [-0.1, -0.05) is 42.0 Å². The van der Waals surface area contributed by atoms with Crippen LogP contribution in [0.25, 0.3) is 0 Å². The van der Waals surface area contributed by atoms with Gasteiger partial charge >= 0.3 is 0 Å². The van der Waals surface area contributed by atoms with Crippen molar-refractivity contribution in [2.75, 3.05) is 5.73 Å². The van der Waals surface area contributed by atoms with Crippen molar-refractivity contribution in [3.8, 4) is 0 Å². The summed E-state index contributed by atoms with van der Waals surface area (Å²) in [5.74, 6) is -0.0169. The molecule has 0 amide bonds. The smallest absolute Gasteiger partial charge is 0.216 e. The summed E-state index contributed by atoms with van der Waals surface area (Å²) in [4.78, 5) is 0. The molecule has 106 valence electrons. The molecule has 0 aliphatic rings. The fourth-order valence-electron chi connectivity index (χ4n) is 1.97. The zero-order chi connectivity index (χ0) is 14.6. The zero-order valence-electron chi connectivity index (χ0n) is 11.3. The van der Waals surface area contributed by atoms with Gasteiger partial charge < -0.3 is 5.73 Å². The third kappa shape index (κ3) is 4.36. The first-order valence-corrected chi connectivity index (χ1v) is 7.97. The summed E-state index contributed by atoms with van der Waals surface area (Å²) in [7, 11) is -3.35. The van der Waals surface area contributed by atoms with Gasteiger partial charge in [0, 0.05) is 12.2 Å². The van der Waals surface area contributed by atoms with Crippen molar-refractivity contribution in [1.82, 2.24) is 4.72 Å². The second kappa shape index (κ2) is 6.07. The van der Waals surface area contributed by atoms with Gasteiger partial charge in [-0.3, -0.25) is 0 Å². The van der Waals surface area contributed by atoms with Crippen LogP contribution >= 0.6 is 0 Å². The SMILES string of the molecule is Cc1cccc(CS(=O)(=O)NCc2cccc(N)c2)c1. The minimum atomic E-state index is -3.35. The van der Waals surface area contributed by atoms with Crippen LogP contribution in [0, 0.1) is 6.92 Å². The molecule has 0 atom stereocenters. The minimum Gasteiger partial charge on any atom is -0.399 e. The largest absolute Gasteiger partial charge is 0.399 e. The Hall–Kier alpha value is -1.85. The molecule has 0 fully saturated rings. The van der Waals surface area contributed by atoms with Gasteiger partial charge in [0.2, 0.25) is 10.0 Å². The van der Waals surface area contributed by atoms with Crippen molar-refractivity contribution >= 4 is 15.7 Å². The molecule has 0 saturated heterocycles. The predicted octanol–water partition coefficient (Wildman–Crippen LogP) is 2.20. The minimum absolute atomic E-state index is 0.0169. The molecule has 5 heteroatoms. The molecule has 0 radical (unpaired) electrons. The van der Waals surface area contributed by atoms with E-state index in [0.717, 1.165) is 16.7 Å². The highest BCUT2D eigenvalue weighted by Gasteiger charge is 2.11. The van der Waals surface area contributed by atoms with Gasteiger partial charge in [0.1, 0.15) is 0 Å². The Morgan fingerprint density at radius 2 is 1.75 bits per heavy atom. The summed E-state index contributed by atoms with van der Waals surface area (Å²) >= 11 is 0. The van der Waals surface area contributed by atoms with E-state index in [1.807, 2.05) is 37.3 Å². The van der Waals surface area contributed by atoms with E-state index in [2.05, 4.69) is 4.72 Å². The Bertz CT molecular complexity index is 697. The molecule has 0 aromatic heterocycles. The lowest BCUT2D eigenvalue weighted by Gasteiger charge is -2.08. The van der Waals surface area contributed by atoms with Crippen LogP contribution in [-0.2, 0) is 22.3 Å². The molecule has 0 heterocycles. The second-order valence-electron chi connectivity index (χ2n) is 4.81. The van der Waals surface area contributed by atoms with Gasteiger partial charge in [-0.15, -0.1) is 0 Å². The number of hydrogen-bond donors (Lipinski definition) is 2. The summed E-state index contributed by atoms with van der Waals surface area (Å²) < 4.78 is 26.6. The molecule has 0 bridgehead atoms. The first-order chi connectivity index (χ1) is 9.44. The van der Waals surface area contributed by atoms with Gasteiger partial charge in [-0.2, -0.15) is 0 Å². The molecular formula is C15H18N2O2S. The highest BCUT2D eigenvalue weighted by atomic mass is 32.2. The van der Waals surface area contributed by atoms with Crippen LogP contribution in [0.5, 0.6) is 0 Å². The molecule has 0 aliphatic carbocycles. The Labute approximate surface area is 119 Å². The van der Waals surface area contributed by atoms with Gasteiger partial charge in [0.05, 0.1) is 5.75 Å². The Kier molecular flexibility index (Phi) is 4.42. The van der Waals surface area contributed by atoms with Crippen LogP contribution in [0.1, 0.15) is 16.7 Å². The lowest BCUT2D eigenvalue weighted by atomic mass is 10.2. The molecule has 0 saturated carbocycles. The maximum atomic E-state index is 12.0. The summed E-state index contributed by atoms with van der Waals surface area (Å²) in [6, 6.07) is 14.7. The summed E-state index contributed by atoms with van der Waals surface area (Å²) in [6.45, 7) is 2.19. The van der Waals surface area contributed by atoms with Crippen molar-refractivity contribution in [2.45, 2.75) is 19.2 Å². The van der Waals surface area contributed by atoms with Gasteiger partial charge in [0.25, 0.3) is 0 Å². The van der Waals surface area contributed by atoms with E-state index in [0.29, 0.717) is 5.69 Å². The average Bonchev–Trinajstić information content (AvgIpc) is 2.36. The van der Waals surface area contributed by atoms with E-state index in [1.165, 1.54) is 0 Å². The van der Waals surface area contributed by atoms with Gasteiger partial charge in [0.15, 0.2) is 0 Å². The quantitative estimate of drug-likeness (QED) is 0.829. The number of anilines is 1. The number of rotatable bonds is 5. The maximum Gasteiger partial charge on any atom is 0.216 e. The van der Waals surface area contributed by atoms with Gasteiger partial charge in [-0.25, -0.2) is 13.1 Å². The predicted molar refractivity (Wildman–Crippen MR) is 81.5 cm³/mol. The van der Waals surface area contributed by atoms with Crippen molar-refractivity contribution in [1.29, 1.82) is 0 Å². The first-order valence-electron chi connectivity index (χ1n) is 6.32. The molecule has 0 unspecified atom stereocenters. The Morgan fingerprint density at radius 1 is 1.05 bits per heavy atom. The van der Waals surface area contributed by atoms with E-state index in [1.54, 1.807) is 18.2 Å². The van der Waals surface area contributed by atoms with Crippen molar-refractivity contribution in [2.24, 2.45) is 0 Å². The van der Waals surface area contributed by atoms with Crippen LogP contribution in [-0.4, -0.2) is 8.42 Å². The first kappa shape index (κ1) is 14.6. The Balaban J connectivity index is 2.01. The molecule has 20 heavy (non-hydrogen) atoms. The number of benzene rings is 2. The fourth-order valence-corrected chi connectivity index (χ4v) is 3.08. The van der Waals surface area contributed by atoms with E-state index < -0.39 is 10.0 Å². The summed E-state index contributed by atoms with van der Waals surface area (Å²) in [6.07, 6.45) is 0. The number of nitrogen functional groups attached to an aromatic ring is 1. The third-order valence-electron chi connectivity index (χ3n) is 2.89. The molecule has 4 nitrogen and oxygen atoms in total. The number of nitrogens with two attached hydrogens (primary N) is 1. The average molecular weight is 290 g/mol. The number of sulfonamides is 1. The monoisotopic (exact) mass is 290 g/mol. The highest BCUT2D eigenvalue weighted by Crippen LogP contribution is 2.10. The van der Waals surface area contributed by atoms with Crippen LogP contribution in [0.2, 0.25) is 0 Å². The number of hydrogen-bond acceptors (Lipinski definition) is 3. The van der Waals surface area contributed by atoms with Crippen molar-refractivity contribution in [3.63, 3.8) is 0 Å². The van der Waals surface area contributed by atoms with Crippen molar-refractivity contribution in [3.05, 3.63) is 65.2 Å². The lowest BCUT2D eigenvalue weighted by molar-refractivity contribution is 0.580. The zero-order valence-corrected chi connectivity index (χ0v) is 12.2. The number of nitrogens with one attached hydrogen (secondary N) is 1. The highest BCUT2D eigenvalue weighted by molar-refractivity contribution is 7.88. The molecular weight excluding hydrogens is 272 g/mol. The summed E-state index contributed by atoms with van der Waals surface area (Å²) in [5.41, 5.74) is 8.96. The van der Waals surface area contributed by atoms with E-state index in [4.69, 9.17) is 5.73 Å². The molecule has 3 N–H and O–H groups in total. The standard InChI is InChI=1S/C15H18N2O2S/c1-12-4-2-6-14(8-12)11-20(18,19)17-10-13-5-3-7-15(16)9-13/h2-9,17H,10-11,16H2,1H3. The maximum absolute atomic E-state index is 12.0. The Morgan fingerprint density at radius 3 is 2.45 bits per heavy atom. The molecule has 0 spiro atoms. The fraction of sp³-hybridized carbons (Fsp3) is 0.200.